The summed E-state index contributed by atoms with van der Waals surface area (Å²) < 4.78 is 0. The molecule has 0 radical (unpaired) electrons. The molecule has 0 aliphatic carbocycles. The Kier molecular flexibility index (Phi) is 4.56. The Balaban J connectivity index is 2.59. The fraction of sp³-hybridized carbons (Fsp3) is 0.375. The van der Waals surface area contributed by atoms with E-state index in [0.717, 1.165) is 42.5 Å². The van der Waals surface area contributed by atoms with E-state index in [0.29, 0.717) is 0 Å². The average Bonchev–Trinajstić information content (AvgIpc) is 2.45. The molecule has 1 heterocycles. The molecule has 0 saturated heterocycles. The van der Waals surface area contributed by atoms with Crippen molar-refractivity contribution in [3.63, 3.8) is 0 Å². The van der Waals surface area contributed by atoms with E-state index in [2.05, 4.69) is 23.7 Å². The molecule has 2 rings (SSSR count). The first kappa shape index (κ1) is 14.3. The van der Waals surface area contributed by atoms with Gasteiger partial charge in [-0.05, 0) is 12.8 Å². The SMILES string of the molecule is CCCN(CCC)c1ncc(C(=O)O)c2ccccc12. The summed E-state index contributed by atoms with van der Waals surface area (Å²) in [4.78, 5) is 17.9. The summed E-state index contributed by atoms with van der Waals surface area (Å²) in [5, 5.41) is 10.9. The number of benzene rings is 1. The Morgan fingerprint density at radius 2 is 1.75 bits per heavy atom. The number of carbonyl (C=O) groups is 1. The fourth-order valence-corrected chi connectivity index (χ4v) is 2.46. The maximum Gasteiger partial charge on any atom is 0.337 e. The van der Waals surface area contributed by atoms with E-state index in [9.17, 15) is 9.90 Å². The minimum absolute atomic E-state index is 0.261. The number of rotatable bonds is 6. The number of aromatic nitrogens is 1. The van der Waals surface area contributed by atoms with Crippen LogP contribution in [0.4, 0.5) is 5.82 Å². The van der Waals surface area contributed by atoms with Gasteiger partial charge in [0.25, 0.3) is 0 Å². The van der Waals surface area contributed by atoms with Gasteiger partial charge in [-0.25, -0.2) is 9.78 Å². The van der Waals surface area contributed by atoms with Crippen molar-refractivity contribution in [2.75, 3.05) is 18.0 Å². The van der Waals surface area contributed by atoms with Crippen molar-refractivity contribution in [3.8, 4) is 0 Å². The van der Waals surface area contributed by atoms with Gasteiger partial charge in [0, 0.05) is 30.1 Å². The third kappa shape index (κ3) is 2.74. The van der Waals surface area contributed by atoms with Crippen molar-refractivity contribution in [3.05, 3.63) is 36.0 Å². The van der Waals surface area contributed by atoms with Crippen LogP contribution >= 0.6 is 0 Å². The first-order valence-corrected chi connectivity index (χ1v) is 7.05. The van der Waals surface area contributed by atoms with Crippen LogP contribution in [-0.4, -0.2) is 29.1 Å². The van der Waals surface area contributed by atoms with Gasteiger partial charge < -0.3 is 10.0 Å². The molecule has 0 aliphatic rings. The second-order valence-corrected chi connectivity index (χ2v) is 4.83. The number of anilines is 1. The largest absolute Gasteiger partial charge is 0.478 e. The van der Waals surface area contributed by atoms with Gasteiger partial charge in [0.2, 0.25) is 0 Å². The monoisotopic (exact) mass is 272 g/mol. The summed E-state index contributed by atoms with van der Waals surface area (Å²) in [6.07, 6.45) is 3.55. The number of hydrogen-bond acceptors (Lipinski definition) is 3. The molecule has 1 aromatic carbocycles. The highest BCUT2D eigenvalue weighted by Crippen LogP contribution is 2.27. The molecular formula is C16H20N2O2. The second-order valence-electron chi connectivity index (χ2n) is 4.83. The maximum atomic E-state index is 11.3. The molecule has 1 N–H and O–H groups in total. The number of hydrogen-bond donors (Lipinski definition) is 1. The molecule has 0 amide bonds. The van der Waals surface area contributed by atoms with E-state index in [1.807, 2.05) is 24.3 Å². The Labute approximate surface area is 119 Å². The van der Waals surface area contributed by atoms with E-state index in [1.165, 1.54) is 6.20 Å². The van der Waals surface area contributed by atoms with Crippen molar-refractivity contribution in [2.45, 2.75) is 26.7 Å². The van der Waals surface area contributed by atoms with E-state index in [1.54, 1.807) is 0 Å². The van der Waals surface area contributed by atoms with Crippen molar-refractivity contribution < 1.29 is 9.90 Å². The standard InChI is InChI=1S/C16H20N2O2/c1-3-9-18(10-4-2)15-13-8-6-5-7-12(13)14(11-17-15)16(19)20/h5-8,11H,3-4,9-10H2,1-2H3,(H,19,20). The molecule has 0 bridgehead atoms. The lowest BCUT2D eigenvalue weighted by atomic mass is 10.1. The van der Waals surface area contributed by atoms with Crippen molar-refractivity contribution in [2.24, 2.45) is 0 Å². The Morgan fingerprint density at radius 3 is 2.30 bits per heavy atom. The zero-order valence-corrected chi connectivity index (χ0v) is 12.0. The van der Waals surface area contributed by atoms with Gasteiger partial charge in [0.1, 0.15) is 5.82 Å². The van der Waals surface area contributed by atoms with E-state index in [4.69, 9.17) is 0 Å². The molecule has 0 aliphatic heterocycles. The van der Waals surface area contributed by atoms with Crippen LogP contribution < -0.4 is 4.90 Å². The predicted octanol–water partition coefficient (Wildman–Crippen LogP) is 3.56. The summed E-state index contributed by atoms with van der Waals surface area (Å²) >= 11 is 0. The first-order chi connectivity index (χ1) is 9.69. The summed E-state index contributed by atoms with van der Waals surface area (Å²) in [5.74, 6) is -0.0490. The number of carboxylic acid groups (broad SMARTS) is 1. The molecule has 106 valence electrons. The molecule has 0 unspecified atom stereocenters. The molecule has 20 heavy (non-hydrogen) atoms. The minimum atomic E-state index is -0.933. The van der Waals surface area contributed by atoms with Crippen molar-refractivity contribution in [1.29, 1.82) is 0 Å². The minimum Gasteiger partial charge on any atom is -0.478 e. The highest BCUT2D eigenvalue weighted by Gasteiger charge is 2.15. The zero-order valence-electron chi connectivity index (χ0n) is 12.0. The van der Waals surface area contributed by atoms with Gasteiger partial charge in [-0.2, -0.15) is 0 Å². The molecule has 4 nitrogen and oxygen atoms in total. The molecule has 0 spiro atoms. The van der Waals surface area contributed by atoms with Gasteiger partial charge in [-0.15, -0.1) is 0 Å². The molecule has 0 saturated carbocycles. The Morgan fingerprint density at radius 1 is 1.15 bits per heavy atom. The molecule has 4 heteroatoms. The molecular weight excluding hydrogens is 252 g/mol. The first-order valence-electron chi connectivity index (χ1n) is 7.05. The van der Waals surface area contributed by atoms with Crippen LogP contribution in [0.5, 0.6) is 0 Å². The number of pyridine rings is 1. The average molecular weight is 272 g/mol. The van der Waals surface area contributed by atoms with Crippen molar-refractivity contribution in [1.82, 2.24) is 4.98 Å². The smallest absolute Gasteiger partial charge is 0.337 e. The lowest BCUT2D eigenvalue weighted by Crippen LogP contribution is -2.26. The van der Waals surface area contributed by atoms with Crippen LogP contribution in [0.3, 0.4) is 0 Å². The van der Waals surface area contributed by atoms with Crippen LogP contribution in [0.2, 0.25) is 0 Å². The number of carboxylic acids is 1. The zero-order chi connectivity index (χ0) is 14.5. The van der Waals surface area contributed by atoms with Crippen LogP contribution in [0.1, 0.15) is 37.0 Å². The summed E-state index contributed by atoms with van der Waals surface area (Å²) in [6.45, 7) is 6.13. The quantitative estimate of drug-likeness (QED) is 0.873. The molecule has 0 atom stereocenters. The van der Waals surface area contributed by atoms with Crippen molar-refractivity contribution >= 4 is 22.6 Å². The molecule has 2 aromatic rings. The number of fused-ring (bicyclic) bond motifs is 1. The summed E-state index contributed by atoms with van der Waals surface area (Å²) in [5.41, 5.74) is 0.261. The van der Waals surface area contributed by atoms with Crippen LogP contribution in [0.25, 0.3) is 10.8 Å². The molecule has 0 fully saturated rings. The third-order valence-electron chi connectivity index (χ3n) is 3.29. The number of aromatic carboxylic acids is 1. The van der Waals surface area contributed by atoms with Crippen LogP contribution in [0, 0.1) is 0 Å². The number of nitrogens with zero attached hydrogens (tertiary/aromatic N) is 2. The summed E-state index contributed by atoms with van der Waals surface area (Å²) in [7, 11) is 0. The van der Waals surface area contributed by atoms with E-state index >= 15 is 0 Å². The Hall–Kier alpha value is -2.10. The topological polar surface area (TPSA) is 53.4 Å². The Bertz CT molecular complexity index is 604. The maximum absolute atomic E-state index is 11.3. The van der Waals surface area contributed by atoms with Crippen LogP contribution in [0.15, 0.2) is 30.5 Å². The van der Waals surface area contributed by atoms with Gasteiger partial charge >= 0.3 is 5.97 Å². The van der Waals surface area contributed by atoms with Gasteiger partial charge in [-0.3, -0.25) is 0 Å². The normalized spacial score (nSPS) is 10.7. The summed E-state index contributed by atoms with van der Waals surface area (Å²) in [6, 6.07) is 7.58. The van der Waals surface area contributed by atoms with Crippen LogP contribution in [-0.2, 0) is 0 Å². The van der Waals surface area contributed by atoms with Gasteiger partial charge in [-0.1, -0.05) is 38.1 Å². The lowest BCUT2D eigenvalue weighted by Gasteiger charge is -2.24. The van der Waals surface area contributed by atoms with Gasteiger partial charge in [0.05, 0.1) is 5.56 Å². The highest BCUT2D eigenvalue weighted by atomic mass is 16.4. The lowest BCUT2D eigenvalue weighted by molar-refractivity contribution is 0.0698. The van der Waals surface area contributed by atoms with Gasteiger partial charge in [0.15, 0.2) is 0 Å². The third-order valence-corrected chi connectivity index (χ3v) is 3.29. The second kappa shape index (κ2) is 6.37. The predicted molar refractivity (Wildman–Crippen MR) is 81.5 cm³/mol. The van der Waals surface area contributed by atoms with E-state index in [-0.39, 0.29) is 5.56 Å². The fourth-order valence-electron chi connectivity index (χ4n) is 2.46. The highest BCUT2D eigenvalue weighted by molar-refractivity contribution is 6.06. The van der Waals surface area contributed by atoms with E-state index < -0.39 is 5.97 Å². The molecule has 1 aromatic heterocycles.